The molecule has 2 aliphatic heterocycles. The van der Waals surface area contributed by atoms with E-state index in [0.29, 0.717) is 26.1 Å². The molecular weight excluding hydrogens is 444 g/mol. The molecule has 0 N–H and O–H groups in total. The van der Waals surface area contributed by atoms with Gasteiger partial charge in [0.1, 0.15) is 0 Å². The molecule has 2 aliphatic rings. The Balaban J connectivity index is 1.64. The molecule has 2 atom stereocenters. The maximum absolute atomic E-state index is 12.7. The number of carbonyl (C=O) groups excluding carboxylic acids is 2. The summed E-state index contributed by atoms with van der Waals surface area (Å²) in [5.41, 5.74) is 0.131. The summed E-state index contributed by atoms with van der Waals surface area (Å²) in [6, 6.07) is 5.03. The zero-order valence-electron chi connectivity index (χ0n) is 17.7. The van der Waals surface area contributed by atoms with Crippen LogP contribution >= 0.6 is 0 Å². The summed E-state index contributed by atoms with van der Waals surface area (Å²) in [5.74, 6) is -1.24. The SMILES string of the molecule is CCN(C(=O)[C@H](C)OC(=O)c1ccc(S(=O)(=O)N2CCCC2)cc1)[C@H]1CCS(=O)(=O)C1. The summed E-state index contributed by atoms with van der Waals surface area (Å²) in [6.45, 7) is 4.48. The highest BCUT2D eigenvalue weighted by Crippen LogP contribution is 2.22. The lowest BCUT2D eigenvalue weighted by Crippen LogP contribution is -2.46. The van der Waals surface area contributed by atoms with Gasteiger partial charge >= 0.3 is 5.97 Å². The number of rotatable bonds is 7. The first-order valence-electron chi connectivity index (χ1n) is 10.4. The molecule has 2 saturated heterocycles. The van der Waals surface area contributed by atoms with Gasteiger partial charge in [-0.2, -0.15) is 4.31 Å². The molecule has 0 saturated carbocycles. The van der Waals surface area contributed by atoms with E-state index < -0.39 is 43.9 Å². The van der Waals surface area contributed by atoms with Gasteiger partial charge in [-0.1, -0.05) is 0 Å². The summed E-state index contributed by atoms with van der Waals surface area (Å²) < 4.78 is 55.3. The number of carbonyl (C=O) groups is 2. The smallest absolute Gasteiger partial charge is 0.338 e. The lowest BCUT2D eigenvalue weighted by Gasteiger charge is -2.29. The van der Waals surface area contributed by atoms with Crippen molar-refractivity contribution >= 4 is 31.7 Å². The molecule has 2 heterocycles. The average molecular weight is 473 g/mol. The van der Waals surface area contributed by atoms with E-state index in [9.17, 15) is 26.4 Å². The van der Waals surface area contributed by atoms with Gasteiger partial charge in [0.05, 0.1) is 22.0 Å². The predicted molar refractivity (Wildman–Crippen MR) is 114 cm³/mol. The second-order valence-corrected chi connectivity index (χ2v) is 12.0. The summed E-state index contributed by atoms with van der Waals surface area (Å²) >= 11 is 0. The Morgan fingerprint density at radius 1 is 1.19 bits per heavy atom. The van der Waals surface area contributed by atoms with Gasteiger partial charge in [-0.3, -0.25) is 4.79 Å². The van der Waals surface area contributed by atoms with Crippen molar-refractivity contribution in [1.82, 2.24) is 9.21 Å². The van der Waals surface area contributed by atoms with E-state index in [2.05, 4.69) is 0 Å². The third-order valence-corrected chi connectivity index (χ3v) is 9.36. The van der Waals surface area contributed by atoms with Gasteiger partial charge < -0.3 is 9.64 Å². The van der Waals surface area contributed by atoms with Gasteiger partial charge in [0, 0.05) is 25.7 Å². The predicted octanol–water partition coefficient (Wildman–Crippen LogP) is 1.05. The van der Waals surface area contributed by atoms with Crippen LogP contribution in [-0.2, 0) is 29.4 Å². The van der Waals surface area contributed by atoms with E-state index in [1.165, 1.54) is 40.4 Å². The number of benzene rings is 1. The first-order valence-corrected chi connectivity index (χ1v) is 13.6. The number of sulfone groups is 1. The Bertz CT molecular complexity index is 1030. The topological polar surface area (TPSA) is 118 Å². The number of likely N-dealkylation sites (N-methyl/N-ethyl adjacent to an activating group) is 1. The van der Waals surface area contributed by atoms with Crippen molar-refractivity contribution in [2.75, 3.05) is 31.1 Å². The van der Waals surface area contributed by atoms with E-state index in [-0.39, 0.29) is 22.0 Å². The summed E-state index contributed by atoms with van der Waals surface area (Å²) in [4.78, 5) is 26.7. The molecule has 1 aromatic carbocycles. The van der Waals surface area contributed by atoms with E-state index in [4.69, 9.17) is 4.74 Å². The van der Waals surface area contributed by atoms with E-state index in [1.807, 2.05) is 0 Å². The zero-order valence-corrected chi connectivity index (χ0v) is 19.3. The number of hydrogen-bond acceptors (Lipinski definition) is 7. The highest BCUT2D eigenvalue weighted by Gasteiger charge is 2.36. The first-order chi connectivity index (χ1) is 14.5. The van der Waals surface area contributed by atoms with Crippen molar-refractivity contribution in [2.24, 2.45) is 0 Å². The van der Waals surface area contributed by atoms with Crippen LogP contribution in [0.2, 0.25) is 0 Å². The van der Waals surface area contributed by atoms with Crippen LogP contribution in [0.5, 0.6) is 0 Å². The highest BCUT2D eigenvalue weighted by molar-refractivity contribution is 7.91. The molecule has 11 heteroatoms. The standard InChI is InChI=1S/C20H28N2O7S2/c1-3-22(17-10-13-30(25,26)14-17)19(23)15(2)29-20(24)16-6-8-18(9-7-16)31(27,28)21-11-4-5-12-21/h6-9,15,17H,3-5,10-14H2,1-2H3/t15-,17-/m0/s1. The summed E-state index contributed by atoms with van der Waals surface area (Å²) in [5, 5.41) is 0. The van der Waals surface area contributed by atoms with Gasteiger partial charge in [0.2, 0.25) is 10.0 Å². The summed E-state index contributed by atoms with van der Waals surface area (Å²) in [6.07, 6.45) is 0.938. The fraction of sp³-hybridized carbons (Fsp3) is 0.600. The normalized spacial score (nSPS) is 22.2. The molecule has 0 radical (unpaired) electrons. The van der Waals surface area contributed by atoms with Crippen LogP contribution in [-0.4, -0.2) is 81.2 Å². The van der Waals surface area contributed by atoms with Crippen LogP contribution in [0.4, 0.5) is 0 Å². The fourth-order valence-corrected chi connectivity index (χ4v) is 7.22. The van der Waals surface area contributed by atoms with Crippen molar-refractivity contribution in [3.05, 3.63) is 29.8 Å². The zero-order chi connectivity index (χ0) is 22.8. The average Bonchev–Trinajstić information content (AvgIpc) is 3.39. The molecule has 172 valence electrons. The van der Waals surface area contributed by atoms with Crippen LogP contribution in [0, 0.1) is 0 Å². The quantitative estimate of drug-likeness (QED) is 0.544. The maximum atomic E-state index is 12.7. The second kappa shape index (κ2) is 9.25. The van der Waals surface area contributed by atoms with Crippen molar-refractivity contribution in [2.45, 2.75) is 50.2 Å². The van der Waals surface area contributed by atoms with Gasteiger partial charge in [0.15, 0.2) is 15.9 Å². The number of hydrogen-bond donors (Lipinski definition) is 0. The summed E-state index contributed by atoms with van der Waals surface area (Å²) in [7, 11) is -6.73. The monoisotopic (exact) mass is 472 g/mol. The van der Waals surface area contributed by atoms with Crippen molar-refractivity contribution < 1.29 is 31.2 Å². The van der Waals surface area contributed by atoms with Crippen LogP contribution in [0.15, 0.2) is 29.2 Å². The Kier molecular flexibility index (Phi) is 7.07. The van der Waals surface area contributed by atoms with E-state index in [1.54, 1.807) is 6.92 Å². The number of esters is 1. The molecule has 0 spiro atoms. The first kappa shape index (κ1) is 23.7. The largest absolute Gasteiger partial charge is 0.449 e. The molecule has 2 fully saturated rings. The maximum Gasteiger partial charge on any atom is 0.338 e. The number of nitrogens with zero attached hydrogens (tertiary/aromatic N) is 2. The number of amides is 1. The molecule has 0 bridgehead atoms. The van der Waals surface area contributed by atoms with Crippen molar-refractivity contribution in [3.63, 3.8) is 0 Å². The molecule has 9 nitrogen and oxygen atoms in total. The minimum absolute atomic E-state index is 0.0439. The molecule has 1 aromatic rings. The van der Waals surface area contributed by atoms with Gasteiger partial charge in [-0.25, -0.2) is 21.6 Å². The lowest BCUT2D eigenvalue weighted by atomic mass is 10.2. The third-order valence-electron chi connectivity index (χ3n) is 5.70. The van der Waals surface area contributed by atoms with Crippen molar-refractivity contribution in [1.29, 1.82) is 0 Å². The molecular formula is C20H28N2O7S2. The Morgan fingerprint density at radius 3 is 2.32 bits per heavy atom. The van der Waals surface area contributed by atoms with Crippen molar-refractivity contribution in [3.8, 4) is 0 Å². The lowest BCUT2D eigenvalue weighted by molar-refractivity contribution is -0.141. The Morgan fingerprint density at radius 2 is 1.81 bits per heavy atom. The van der Waals surface area contributed by atoms with Gasteiger partial charge in [-0.15, -0.1) is 0 Å². The van der Waals surface area contributed by atoms with Gasteiger partial charge in [-0.05, 0) is 57.4 Å². The number of sulfonamides is 1. The molecule has 0 unspecified atom stereocenters. The molecule has 1 amide bonds. The minimum atomic E-state index is -3.58. The van der Waals surface area contributed by atoms with Gasteiger partial charge in [0.25, 0.3) is 5.91 Å². The Labute approximate surface area is 183 Å². The number of ether oxygens (including phenoxy) is 1. The second-order valence-electron chi connectivity index (χ2n) is 7.86. The van der Waals surface area contributed by atoms with Crippen LogP contribution in [0.25, 0.3) is 0 Å². The molecule has 31 heavy (non-hydrogen) atoms. The van der Waals surface area contributed by atoms with Crippen LogP contribution < -0.4 is 0 Å². The fourth-order valence-electron chi connectivity index (χ4n) is 3.97. The molecule has 0 aliphatic carbocycles. The highest BCUT2D eigenvalue weighted by atomic mass is 32.2. The van der Waals surface area contributed by atoms with E-state index in [0.717, 1.165) is 12.8 Å². The van der Waals surface area contributed by atoms with Crippen LogP contribution in [0.3, 0.4) is 0 Å². The third kappa shape index (κ3) is 5.27. The van der Waals surface area contributed by atoms with E-state index >= 15 is 0 Å². The minimum Gasteiger partial charge on any atom is -0.449 e. The van der Waals surface area contributed by atoms with Crippen LogP contribution in [0.1, 0.15) is 43.5 Å². The molecule has 0 aromatic heterocycles. The molecule has 3 rings (SSSR count). The Hall–Kier alpha value is -1.98.